The minimum absolute atomic E-state index is 0.0590. The van der Waals surface area contributed by atoms with E-state index < -0.39 is 0 Å². The van der Waals surface area contributed by atoms with E-state index in [0.717, 1.165) is 25.2 Å². The van der Waals surface area contributed by atoms with Crippen LogP contribution in [0, 0.1) is 0 Å². The third kappa shape index (κ3) is 1.89. The number of hydrogen-bond donors (Lipinski definition) is 1. The van der Waals surface area contributed by atoms with E-state index in [9.17, 15) is 5.11 Å². The molecule has 2 aliphatic carbocycles. The van der Waals surface area contributed by atoms with Gasteiger partial charge in [0.15, 0.2) is 0 Å². The molecule has 2 aliphatic rings. The van der Waals surface area contributed by atoms with Gasteiger partial charge in [-0.2, -0.15) is 0 Å². The standard InChI is InChI=1S/C15H20O/c16-15-9-8-14(10-15)13-6-4-12(5-7-13)11-2-1-3-11/h4-7,11,14-16H,1-3,8-10H2. The highest BCUT2D eigenvalue weighted by atomic mass is 16.3. The zero-order valence-corrected chi connectivity index (χ0v) is 9.73. The average Bonchev–Trinajstić information content (AvgIpc) is 2.63. The molecule has 2 unspecified atom stereocenters. The third-order valence-corrected chi connectivity index (χ3v) is 4.39. The summed E-state index contributed by atoms with van der Waals surface area (Å²) in [6, 6.07) is 9.19. The highest BCUT2D eigenvalue weighted by Gasteiger charge is 2.24. The second kappa shape index (κ2) is 4.21. The Hall–Kier alpha value is -0.820. The van der Waals surface area contributed by atoms with Crippen LogP contribution < -0.4 is 0 Å². The number of aliphatic hydroxyl groups is 1. The summed E-state index contributed by atoms with van der Waals surface area (Å²) in [6.45, 7) is 0. The monoisotopic (exact) mass is 216 g/mol. The van der Waals surface area contributed by atoms with Gasteiger partial charge < -0.3 is 5.11 Å². The highest BCUT2D eigenvalue weighted by molar-refractivity contribution is 5.29. The van der Waals surface area contributed by atoms with Gasteiger partial charge in [0.1, 0.15) is 0 Å². The molecule has 1 heteroatoms. The van der Waals surface area contributed by atoms with Crippen molar-refractivity contribution in [1.29, 1.82) is 0 Å². The molecular formula is C15H20O. The van der Waals surface area contributed by atoms with Crippen molar-refractivity contribution in [2.75, 3.05) is 0 Å². The molecule has 1 nitrogen and oxygen atoms in total. The highest BCUT2D eigenvalue weighted by Crippen LogP contribution is 2.38. The van der Waals surface area contributed by atoms with E-state index in [2.05, 4.69) is 24.3 Å². The van der Waals surface area contributed by atoms with Crippen LogP contribution in [0.4, 0.5) is 0 Å². The fraction of sp³-hybridized carbons (Fsp3) is 0.600. The summed E-state index contributed by atoms with van der Waals surface area (Å²) in [4.78, 5) is 0. The first kappa shape index (κ1) is 10.3. The zero-order valence-electron chi connectivity index (χ0n) is 9.73. The van der Waals surface area contributed by atoms with Gasteiger partial charge in [-0.3, -0.25) is 0 Å². The first-order valence-electron chi connectivity index (χ1n) is 6.61. The lowest BCUT2D eigenvalue weighted by atomic mass is 9.79. The Balaban J connectivity index is 1.71. The Morgan fingerprint density at radius 2 is 1.44 bits per heavy atom. The molecule has 1 aromatic rings. The summed E-state index contributed by atoms with van der Waals surface area (Å²) in [5.74, 6) is 1.44. The van der Waals surface area contributed by atoms with Crippen molar-refractivity contribution in [1.82, 2.24) is 0 Å². The summed E-state index contributed by atoms with van der Waals surface area (Å²) < 4.78 is 0. The molecule has 86 valence electrons. The Morgan fingerprint density at radius 1 is 0.812 bits per heavy atom. The van der Waals surface area contributed by atoms with E-state index >= 15 is 0 Å². The van der Waals surface area contributed by atoms with Gasteiger partial charge in [0.2, 0.25) is 0 Å². The minimum atomic E-state index is -0.0590. The van der Waals surface area contributed by atoms with E-state index in [4.69, 9.17) is 0 Å². The van der Waals surface area contributed by atoms with E-state index in [1.807, 2.05) is 0 Å². The maximum Gasteiger partial charge on any atom is 0.0546 e. The van der Waals surface area contributed by atoms with Crippen molar-refractivity contribution in [2.45, 2.75) is 56.5 Å². The van der Waals surface area contributed by atoms with Gasteiger partial charge in [-0.05, 0) is 55.1 Å². The van der Waals surface area contributed by atoms with Gasteiger partial charge in [0, 0.05) is 0 Å². The molecule has 2 fully saturated rings. The molecule has 1 aromatic carbocycles. The number of hydrogen-bond acceptors (Lipinski definition) is 1. The predicted molar refractivity (Wildman–Crippen MR) is 65.6 cm³/mol. The molecular weight excluding hydrogens is 196 g/mol. The Bertz CT molecular complexity index is 350. The molecule has 0 bridgehead atoms. The van der Waals surface area contributed by atoms with Crippen LogP contribution in [0.5, 0.6) is 0 Å². The van der Waals surface area contributed by atoms with Gasteiger partial charge >= 0.3 is 0 Å². The Morgan fingerprint density at radius 3 is 1.88 bits per heavy atom. The predicted octanol–water partition coefficient (Wildman–Crippen LogP) is 3.58. The summed E-state index contributed by atoms with van der Waals surface area (Å²) in [5, 5.41) is 9.55. The topological polar surface area (TPSA) is 20.2 Å². The second-order valence-electron chi connectivity index (χ2n) is 5.46. The Kier molecular flexibility index (Phi) is 2.72. The molecule has 1 N–H and O–H groups in total. The van der Waals surface area contributed by atoms with E-state index in [-0.39, 0.29) is 6.10 Å². The lowest BCUT2D eigenvalue weighted by Gasteiger charge is -2.26. The quantitative estimate of drug-likeness (QED) is 0.801. The van der Waals surface area contributed by atoms with Gasteiger partial charge in [-0.1, -0.05) is 30.7 Å². The fourth-order valence-electron chi connectivity index (χ4n) is 3.04. The maximum atomic E-state index is 9.55. The molecule has 0 aromatic heterocycles. The van der Waals surface area contributed by atoms with Crippen molar-refractivity contribution in [3.05, 3.63) is 35.4 Å². The maximum absolute atomic E-state index is 9.55. The number of benzene rings is 1. The molecule has 3 rings (SSSR count). The molecule has 0 spiro atoms. The fourth-order valence-corrected chi connectivity index (χ4v) is 3.04. The molecule has 16 heavy (non-hydrogen) atoms. The van der Waals surface area contributed by atoms with Crippen LogP contribution in [0.2, 0.25) is 0 Å². The molecule has 0 radical (unpaired) electrons. The molecule has 0 aliphatic heterocycles. The molecule has 2 saturated carbocycles. The summed E-state index contributed by atoms with van der Waals surface area (Å²) in [6.07, 6.45) is 7.20. The lowest BCUT2D eigenvalue weighted by molar-refractivity contribution is 0.181. The van der Waals surface area contributed by atoms with E-state index in [1.165, 1.54) is 30.4 Å². The first-order valence-corrected chi connectivity index (χ1v) is 6.61. The second-order valence-corrected chi connectivity index (χ2v) is 5.46. The van der Waals surface area contributed by atoms with E-state index in [0.29, 0.717) is 5.92 Å². The molecule has 0 amide bonds. The first-order chi connectivity index (χ1) is 7.83. The van der Waals surface area contributed by atoms with Gasteiger partial charge in [0.05, 0.1) is 6.10 Å². The van der Waals surface area contributed by atoms with Crippen molar-refractivity contribution in [3.63, 3.8) is 0 Å². The van der Waals surface area contributed by atoms with Crippen molar-refractivity contribution < 1.29 is 5.11 Å². The smallest absolute Gasteiger partial charge is 0.0546 e. The average molecular weight is 216 g/mol. The molecule has 0 saturated heterocycles. The van der Waals surface area contributed by atoms with Crippen molar-refractivity contribution in [2.24, 2.45) is 0 Å². The van der Waals surface area contributed by atoms with Crippen LogP contribution in [-0.4, -0.2) is 11.2 Å². The van der Waals surface area contributed by atoms with Crippen LogP contribution >= 0.6 is 0 Å². The van der Waals surface area contributed by atoms with Crippen LogP contribution in [-0.2, 0) is 0 Å². The zero-order chi connectivity index (χ0) is 11.0. The van der Waals surface area contributed by atoms with Crippen LogP contribution in [0.25, 0.3) is 0 Å². The van der Waals surface area contributed by atoms with E-state index in [1.54, 1.807) is 0 Å². The molecule has 0 heterocycles. The van der Waals surface area contributed by atoms with Crippen molar-refractivity contribution in [3.8, 4) is 0 Å². The van der Waals surface area contributed by atoms with Gasteiger partial charge in [-0.15, -0.1) is 0 Å². The third-order valence-electron chi connectivity index (χ3n) is 4.39. The lowest BCUT2D eigenvalue weighted by Crippen LogP contribution is -2.08. The summed E-state index contributed by atoms with van der Waals surface area (Å²) >= 11 is 0. The molecule has 2 atom stereocenters. The number of rotatable bonds is 2. The van der Waals surface area contributed by atoms with Gasteiger partial charge in [0.25, 0.3) is 0 Å². The minimum Gasteiger partial charge on any atom is -0.393 e. The number of aliphatic hydroxyl groups excluding tert-OH is 1. The van der Waals surface area contributed by atoms with Crippen LogP contribution in [0.3, 0.4) is 0 Å². The summed E-state index contributed by atoms with van der Waals surface area (Å²) in [7, 11) is 0. The van der Waals surface area contributed by atoms with Gasteiger partial charge in [-0.25, -0.2) is 0 Å². The van der Waals surface area contributed by atoms with Crippen LogP contribution in [0.1, 0.15) is 61.5 Å². The van der Waals surface area contributed by atoms with Crippen LogP contribution in [0.15, 0.2) is 24.3 Å². The largest absolute Gasteiger partial charge is 0.393 e. The SMILES string of the molecule is OC1CCC(c2ccc(C3CCC3)cc2)C1. The van der Waals surface area contributed by atoms with Crippen molar-refractivity contribution >= 4 is 0 Å². The Labute approximate surface area is 97.5 Å². The normalized spacial score (nSPS) is 30.3. The summed E-state index contributed by atoms with van der Waals surface area (Å²) in [5.41, 5.74) is 2.95.